The fourth-order valence-corrected chi connectivity index (χ4v) is 5.07. The van der Waals surface area contributed by atoms with Crippen molar-refractivity contribution in [3.63, 3.8) is 0 Å². The zero-order valence-electron chi connectivity index (χ0n) is 23.4. The Labute approximate surface area is 223 Å². The molecule has 0 heterocycles. The first-order chi connectivity index (χ1) is 17.5. The SMILES string of the molecule is CCCCCC(=O)C(CCCCCCCCCCCCCCC(C)C)(C(=O)O)C(O)(CC(=O)O)C(=O)O. The number of aliphatic carboxylic acids is 3. The summed E-state index contributed by atoms with van der Waals surface area (Å²) in [5.41, 5.74) is -5.91. The number of ketones is 1. The quantitative estimate of drug-likeness (QED) is 0.0763. The van der Waals surface area contributed by atoms with E-state index in [0.717, 1.165) is 38.0 Å². The van der Waals surface area contributed by atoms with Gasteiger partial charge in [0.05, 0.1) is 6.42 Å². The van der Waals surface area contributed by atoms with Gasteiger partial charge in [0.2, 0.25) is 0 Å². The molecule has 0 bridgehead atoms. The largest absolute Gasteiger partial charge is 0.481 e. The molecule has 0 rings (SSSR count). The van der Waals surface area contributed by atoms with E-state index in [4.69, 9.17) is 0 Å². The van der Waals surface area contributed by atoms with Gasteiger partial charge >= 0.3 is 17.9 Å². The molecular formula is C29H52O8. The van der Waals surface area contributed by atoms with Gasteiger partial charge in [-0.1, -0.05) is 117 Å². The van der Waals surface area contributed by atoms with Crippen molar-refractivity contribution in [1.82, 2.24) is 0 Å². The van der Waals surface area contributed by atoms with Gasteiger partial charge in [-0.3, -0.25) is 14.4 Å². The number of carbonyl (C=O) groups is 4. The maximum absolute atomic E-state index is 13.1. The Kier molecular flexibility index (Phi) is 18.1. The first-order valence-electron chi connectivity index (χ1n) is 14.4. The first kappa shape index (κ1) is 35.0. The number of aliphatic hydroxyl groups is 1. The number of unbranched alkanes of at least 4 members (excludes halogenated alkanes) is 13. The molecule has 4 N–H and O–H groups in total. The fourth-order valence-electron chi connectivity index (χ4n) is 5.07. The zero-order valence-corrected chi connectivity index (χ0v) is 23.4. The Balaban J connectivity index is 4.80. The lowest BCUT2D eigenvalue weighted by Crippen LogP contribution is -2.63. The minimum Gasteiger partial charge on any atom is -0.481 e. The van der Waals surface area contributed by atoms with Gasteiger partial charge in [-0.2, -0.15) is 0 Å². The smallest absolute Gasteiger partial charge is 0.338 e. The van der Waals surface area contributed by atoms with Crippen molar-refractivity contribution in [2.45, 2.75) is 148 Å². The van der Waals surface area contributed by atoms with E-state index < -0.39 is 47.5 Å². The molecule has 8 nitrogen and oxygen atoms in total. The second-order valence-corrected chi connectivity index (χ2v) is 11.0. The maximum Gasteiger partial charge on any atom is 0.338 e. The van der Waals surface area contributed by atoms with Crippen LogP contribution in [-0.4, -0.2) is 49.7 Å². The van der Waals surface area contributed by atoms with Crippen LogP contribution < -0.4 is 0 Å². The second kappa shape index (κ2) is 19.2. The second-order valence-electron chi connectivity index (χ2n) is 11.0. The minimum absolute atomic E-state index is 0.215. The summed E-state index contributed by atoms with van der Waals surface area (Å²) in [7, 11) is 0. The highest BCUT2D eigenvalue weighted by molar-refractivity contribution is 6.09. The van der Waals surface area contributed by atoms with E-state index in [-0.39, 0.29) is 12.8 Å². The average molecular weight is 529 g/mol. The van der Waals surface area contributed by atoms with Crippen LogP contribution in [0.4, 0.5) is 0 Å². The molecule has 0 aromatic carbocycles. The van der Waals surface area contributed by atoms with E-state index in [0.29, 0.717) is 19.3 Å². The number of hydrogen-bond acceptors (Lipinski definition) is 5. The molecule has 0 saturated carbocycles. The molecule has 0 aliphatic carbocycles. The Hall–Kier alpha value is -1.96. The first-order valence-corrected chi connectivity index (χ1v) is 14.4. The molecule has 37 heavy (non-hydrogen) atoms. The van der Waals surface area contributed by atoms with Crippen molar-refractivity contribution >= 4 is 23.7 Å². The predicted octanol–water partition coefficient (Wildman–Crippen LogP) is 6.61. The van der Waals surface area contributed by atoms with Crippen LogP contribution in [0.25, 0.3) is 0 Å². The molecule has 8 heteroatoms. The lowest BCUT2D eigenvalue weighted by atomic mass is 9.63. The predicted molar refractivity (Wildman–Crippen MR) is 144 cm³/mol. The van der Waals surface area contributed by atoms with Crippen molar-refractivity contribution in [3.8, 4) is 0 Å². The maximum atomic E-state index is 13.1. The summed E-state index contributed by atoms with van der Waals surface area (Å²) in [6, 6.07) is 0. The fraction of sp³-hybridized carbons (Fsp3) is 0.862. The van der Waals surface area contributed by atoms with Crippen LogP contribution >= 0.6 is 0 Å². The van der Waals surface area contributed by atoms with Crippen molar-refractivity contribution in [2.75, 3.05) is 0 Å². The molecule has 0 fully saturated rings. The van der Waals surface area contributed by atoms with Gasteiger partial charge in [-0.25, -0.2) is 4.79 Å². The topological polar surface area (TPSA) is 149 Å². The number of hydrogen-bond donors (Lipinski definition) is 4. The van der Waals surface area contributed by atoms with Crippen LogP contribution in [0.2, 0.25) is 0 Å². The molecule has 216 valence electrons. The Morgan fingerprint density at radius 2 is 1.11 bits per heavy atom. The van der Waals surface area contributed by atoms with E-state index >= 15 is 0 Å². The van der Waals surface area contributed by atoms with Crippen LogP contribution in [-0.2, 0) is 19.2 Å². The highest BCUT2D eigenvalue weighted by Crippen LogP contribution is 2.43. The van der Waals surface area contributed by atoms with Gasteiger partial charge in [0.15, 0.2) is 16.8 Å². The molecule has 2 unspecified atom stereocenters. The van der Waals surface area contributed by atoms with Gasteiger partial charge in [0.25, 0.3) is 0 Å². The molecule has 0 aromatic rings. The lowest BCUT2D eigenvalue weighted by Gasteiger charge is -2.39. The van der Waals surface area contributed by atoms with Crippen molar-refractivity contribution in [1.29, 1.82) is 0 Å². The van der Waals surface area contributed by atoms with E-state index in [1.54, 1.807) is 0 Å². The van der Waals surface area contributed by atoms with Crippen LogP contribution in [0.15, 0.2) is 0 Å². The molecule has 0 radical (unpaired) electrons. The molecule has 0 amide bonds. The van der Waals surface area contributed by atoms with Crippen LogP contribution in [0, 0.1) is 11.3 Å². The lowest BCUT2D eigenvalue weighted by molar-refractivity contribution is -0.196. The highest BCUT2D eigenvalue weighted by Gasteiger charge is 2.65. The number of carboxylic acid groups (broad SMARTS) is 3. The summed E-state index contributed by atoms with van der Waals surface area (Å²) in [6.07, 6.45) is 13.5. The summed E-state index contributed by atoms with van der Waals surface area (Å²) in [4.78, 5) is 48.8. The normalized spacial score (nSPS) is 14.7. The van der Waals surface area contributed by atoms with Crippen LogP contribution in [0.5, 0.6) is 0 Å². The molecule has 0 aliphatic rings. The summed E-state index contributed by atoms with van der Waals surface area (Å²) in [5, 5.41) is 39.8. The molecular weight excluding hydrogens is 476 g/mol. The van der Waals surface area contributed by atoms with Crippen LogP contribution in [0.1, 0.15) is 143 Å². The van der Waals surface area contributed by atoms with E-state index in [1.807, 2.05) is 6.92 Å². The number of rotatable bonds is 25. The molecule has 2 atom stereocenters. The van der Waals surface area contributed by atoms with Gasteiger partial charge in [-0.05, 0) is 18.8 Å². The Morgan fingerprint density at radius 1 is 0.649 bits per heavy atom. The van der Waals surface area contributed by atoms with Crippen molar-refractivity contribution < 1.29 is 39.6 Å². The van der Waals surface area contributed by atoms with E-state index in [9.17, 15) is 39.6 Å². The number of carboxylic acids is 3. The minimum atomic E-state index is -3.22. The van der Waals surface area contributed by atoms with Gasteiger partial charge in [-0.15, -0.1) is 0 Å². The number of carbonyl (C=O) groups excluding carboxylic acids is 1. The molecule has 0 saturated heterocycles. The standard InChI is InChI=1S/C29H52O8/c1-4-5-16-20-24(30)28(26(33)34,29(37,27(35)36)22-25(31)32)21-18-15-13-11-9-7-6-8-10-12-14-17-19-23(2)3/h23,37H,4-22H2,1-3H3,(H,31,32)(H,33,34)(H,35,36). The van der Waals surface area contributed by atoms with Crippen molar-refractivity contribution in [2.24, 2.45) is 11.3 Å². The summed E-state index contributed by atoms with van der Waals surface area (Å²) >= 11 is 0. The zero-order chi connectivity index (χ0) is 28.3. The van der Waals surface area contributed by atoms with Gasteiger partial charge < -0.3 is 20.4 Å². The summed E-state index contributed by atoms with van der Waals surface area (Å²) in [5.74, 6) is -5.58. The van der Waals surface area contributed by atoms with Gasteiger partial charge in [0, 0.05) is 6.42 Å². The van der Waals surface area contributed by atoms with Crippen LogP contribution in [0.3, 0.4) is 0 Å². The van der Waals surface area contributed by atoms with Crippen molar-refractivity contribution in [3.05, 3.63) is 0 Å². The number of Topliss-reactive ketones (excluding diaryl/α,β-unsaturated/α-hetero) is 1. The molecule has 0 aromatic heterocycles. The summed E-state index contributed by atoms with van der Waals surface area (Å²) < 4.78 is 0. The monoisotopic (exact) mass is 528 g/mol. The Bertz CT molecular complexity index is 689. The molecule has 0 aliphatic heterocycles. The van der Waals surface area contributed by atoms with E-state index in [1.165, 1.54) is 44.9 Å². The average Bonchev–Trinajstić information content (AvgIpc) is 2.80. The highest BCUT2D eigenvalue weighted by atomic mass is 16.4. The third-order valence-corrected chi connectivity index (χ3v) is 7.40. The Morgan fingerprint density at radius 3 is 1.49 bits per heavy atom. The third-order valence-electron chi connectivity index (χ3n) is 7.40. The van der Waals surface area contributed by atoms with E-state index in [2.05, 4.69) is 13.8 Å². The molecule has 0 spiro atoms. The summed E-state index contributed by atoms with van der Waals surface area (Å²) in [6.45, 7) is 6.42. The van der Waals surface area contributed by atoms with Gasteiger partial charge in [0.1, 0.15) is 0 Å². The third kappa shape index (κ3) is 12.4.